The summed E-state index contributed by atoms with van der Waals surface area (Å²) in [7, 11) is 0. The summed E-state index contributed by atoms with van der Waals surface area (Å²) in [4.78, 5) is 24.5. The molecule has 21 heavy (non-hydrogen) atoms. The van der Waals surface area contributed by atoms with E-state index in [0.717, 1.165) is 12.8 Å². The largest absolute Gasteiger partial charge is 0.475 e. The molecule has 0 bridgehead atoms. The first-order valence-corrected chi connectivity index (χ1v) is 6.94. The van der Waals surface area contributed by atoms with Crippen LogP contribution >= 0.6 is 0 Å². The smallest absolute Gasteiger partial charge is 0.410 e. The van der Waals surface area contributed by atoms with Gasteiger partial charge in [0.25, 0.3) is 0 Å². The Morgan fingerprint density at radius 2 is 2.19 bits per heavy atom. The van der Waals surface area contributed by atoms with E-state index in [1.54, 1.807) is 4.90 Å². The molecule has 1 saturated heterocycles. The summed E-state index contributed by atoms with van der Waals surface area (Å²) >= 11 is 0. The molecule has 1 fully saturated rings. The molecular formula is C14H20N2O5. The molecule has 0 radical (unpaired) electrons. The average Bonchev–Trinajstić information content (AvgIpc) is 2.86. The van der Waals surface area contributed by atoms with Crippen molar-refractivity contribution < 1.29 is 24.0 Å². The van der Waals surface area contributed by atoms with Crippen LogP contribution in [0.4, 0.5) is 4.79 Å². The minimum absolute atomic E-state index is 0.0249. The zero-order valence-electron chi connectivity index (χ0n) is 12.5. The van der Waals surface area contributed by atoms with Crippen LogP contribution in [0.2, 0.25) is 0 Å². The lowest BCUT2D eigenvalue weighted by atomic mass is 9.95. The fourth-order valence-corrected chi connectivity index (χ4v) is 2.29. The highest BCUT2D eigenvalue weighted by molar-refractivity contribution is 5.84. The lowest BCUT2D eigenvalue weighted by Gasteiger charge is -2.33. The molecule has 2 heterocycles. The number of carbonyl (C=O) groups is 2. The van der Waals surface area contributed by atoms with Gasteiger partial charge in [0.15, 0.2) is 0 Å². The maximum atomic E-state index is 12.1. The second-order valence-electron chi connectivity index (χ2n) is 6.19. The van der Waals surface area contributed by atoms with Crippen LogP contribution in [0, 0.1) is 0 Å². The minimum Gasteiger partial charge on any atom is -0.475 e. The standard InChI is InChI=1S/C14H20N2O5/c1-14(2,3)20-13(19)16-6-4-5-9(8-16)10-7-11(12(17)18)21-15-10/h7,9H,4-6,8H2,1-3H3,(H,17,18)/t9-/m1/s1. The van der Waals surface area contributed by atoms with Crippen LogP contribution in [0.25, 0.3) is 0 Å². The molecule has 1 aliphatic rings. The van der Waals surface area contributed by atoms with Gasteiger partial charge in [0.1, 0.15) is 5.60 Å². The van der Waals surface area contributed by atoms with Crippen molar-refractivity contribution in [3.8, 4) is 0 Å². The number of ether oxygens (including phenoxy) is 1. The van der Waals surface area contributed by atoms with Crippen LogP contribution in [0.15, 0.2) is 10.6 Å². The summed E-state index contributed by atoms with van der Waals surface area (Å²) in [6.07, 6.45) is 1.30. The lowest BCUT2D eigenvalue weighted by Crippen LogP contribution is -2.42. The summed E-state index contributed by atoms with van der Waals surface area (Å²) in [5, 5.41) is 12.6. The van der Waals surface area contributed by atoms with Crippen molar-refractivity contribution in [2.45, 2.75) is 45.1 Å². The highest BCUT2D eigenvalue weighted by Crippen LogP contribution is 2.27. The Hall–Kier alpha value is -2.05. The first kappa shape index (κ1) is 15.3. The molecule has 1 N–H and O–H groups in total. The number of hydrogen-bond donors (Lipinski definition) is 1. The predicted octanol–water partition coefficient (Wildman–Crippen LogP) is 2.49. The monoisotopic (exact) mass is 296 g/mol. The highest BCUT2D eigenvalue weighted by Gasteiger charge is 2.30. The van der Waals surface area contributed by atoms with Crippen LogP contribution in [-0.4, -0.2) is 45.9 Å². The molecule has 7 nitrogen and oxygen atoms in total. The van der Waals surface area contributed by atoms with Crippen molar-refractivity contribution in [1.29, 1.82) is 0 Å². The zero-order chi connectivity index (χ0) is 15.6. The van der Waals surface area contributed by atoms with Gasteiger partial charge in [-0.05, 0) is 33.6 Å². The van der Waals surface area contributed by atoms with Crippen LogP contribution in [0.3, 0.4) is 0 Å². The van der Waals surface area contributed by atoms with E-state index < -0.39 is 11.6 Å². The van der Waals surface area contributed by atoms with E-state index in [2.05, 4.69) is 5.16 Å². The maximum absolute atomic E-state index is 12.1. The van der Waals surface area contributed by atoms with Gasteiger partial charge < -0.3 is 19.3 Å². The Morgan fingerprint density at radius 3 is 2.76 bits per heavy atom. The second-order valence-corrected chi connectivity index (χ2v) is 6.19. The molecule has 1 amide bonds. The van der Waals surface area contributed by atoms with Gasteiger partial charge in [0.05, 0.1) is 5.69 Å². The molecule has 1 aromatic rings. The molecule has 116 valence electrons. The Bertz CT molecular complexity index is 532. The number of rotatable bonds is 2. The van der Waals surface area contributed by atoms with Crippen LogP contribution in [-0.2, 0) is 4.74 Å². The molecule has 2 rings (SSSR count). The summed E-state index contributed by atoms with van der Waals surface area (Å²) in [6.45, 7) is 6.56. The van der Waals surface area contributed by atoms with E-state index in [0.29, 0.717) is 18.8 Å². The van der Waals surface area contributed by atoms with E-state index in [1.165, 1.54) is 6.07 Å². The number of carboxylic acids is 1. The van der Waals surface area contributed by atoms with Crippen molar-refractivity contribution in [3.05, 3.63) is 17.5 Å². The molecule has 1 aromatic heterocycles. The van der Waals surface area contributed by atoms with Crippen molar-refractivity contribution in [1.82, 2.24) is 10.1 Å². The van der Waals surface area contributed by atoms with Crippen LogP contribution in [0.1, 0.15) is 55.8 Å². The third-order valence-electron chi connectivity index (χ3n) is 3.23. The summed E-state index contributed by atoms with van der Waals surface area (Å²) in [5.74, 6) is -1.35. The summed E-state index contributed by atoms with van der Waals surface area (Å²) < 4.78 is 10.1. The highest BCUT2D eigenvalue weighted by atomic mass is 16.6. The van der Waals surface area contributed by atoms with Gasteiger partial charge in [0.2, 0.25) is 5.76 Å². The molecule has 0 unspecified atom stereocenters. The molecule has 0 aliphatic carbocycles. The van der Waals surface area contributed by atoms with Gasteiger partial charge >= 0.3 is 12.1 Å². The van der Waals surface area contributed by atoms with Crippen molar-refractivity contribution in [2.75, 3.05) is 13.1 Å². The first-order valence-electron chi connectivity index (χ1n) is 6.94. The van der Waals surface area contributed by atoms with Gasteiger partial charge in [0, 0.05) is 25.1 Å². The Kier molecular flexibility index (Phi) is 4.20. The second kappa shape index (κ2) is 5.75. The molecule has 1 atom stereocenters. The van der Waals surface area contributed by atoms with Gasteiger partial charge in [-0.1, -0.05) is 5.16 Å². The number of carbonyl (C=O) groups excluding carboxylic acids is 1. The Labute approximate surface area is 122 Å². The van der Waals surface area contributed by atoms with E-state index in [4.69, 9.17) is 14.4 Å². The lowest BCUT2D eigenvalue weighted by molar-refractivity contribution is 0.0196. The predicted molar refractivity (Wildman–Crippen MR) is 73.2 cm³/mol. The number of likely N-dealkylation sites (tertiary alicyclic amines) is 1. The topological polar surface area (TPSA) is 92.9 Å². The SMILES string of the molecule is CC(C)(C)OC(=O)N1CCC[C@@H](c2cc(C(=O)O)on2)C1. The Balaban J connectivity index is 2.03. The van der Waals surface area contributed by atoms with E-state index in [1.807, 2.05) is 20.8 Å². The van der Waals surface area contributed by atoms with Gasteiger partial charge in [-0.3, -0.25) is 0 Å². The minimum atomic E-state index is -1.14. The number of amides is 1. The van der Waals surface area contributed by atoms with Crippen molar-refractivity contribution >= 4 is 12.1 Å². The number of aromatic carboxylic acids is 1. The molecule has 0 saturated carbocycles. The Morgan fingerprint density at radius 1 is 1.48 bits per heavy atom. The zero-order valence-corrected chi connectivity index (χ0v) is 12.5. The van der Waals surface area contributed by atoms with E-state index >= 15 is 0 Å². The van der Waals surface area contributed by atoms with E-state index in [-0.39, 0.29) is 17.8 Å². The van der Waals surface area contributed by atoms with Crippen LogP contribution < -0.4 is 0 Å². The maximum Gasteiger partial charge on any atom is 0.410 e. The number of aromatic nitrogens is 1. The van der Waals surface area contributed by atoms with Gasteiger partial charge in [-0.25, -0.2) is 9.59 Å². The third kappa shape index (κ3) is 3.96. The fourth-order valence-electron chi connectivity index (χ4n) is 2.29. The third-order valence-corrected chi connectivity index (χ3v) is 3.23. The van der Waals surface area contributed by atoms with E-state index in [9.17, 15) is 9.59 Å². The van der Waals surface area contributed by atoms with Crippen molar-refractivity contribution in [3.63, 3.8) is 0 Å². The number of piperidine rings is 1. The number of carboxylic acid groups (broad SMARTS) is 1. The summed E-state index contributed by atoms with van der Waals surface area (Å²) in [6, 6.07) is 1.42. The quantitative estimate of drug-likeness (QED) is 0.901. The number of nitrogens with zero attached hydrogens (tertiary/aromatic N) is 2. The van der Waals surface area contributed by atoms with Crippen LogP contribution in [0.5, 0.6) is 0 Å². The molecular weight excluding hydrogens is 276 g/mol. The van der Waals surface area contributed by atoms with Crippen molar-refractivity contribution in [2.24, 2.45) is 0 Å². The first-order chi connectivity index (χ1) is 9.76. The normalized spacial score (nSPS) is 19.4. The van der Waals surface area contributed by atoms with Gasteiger partial charge in [-0.2, -0.15) is 0 Å². The molecule has 1 aliphatic heterocycles. The fraction of sp³-hybridized carbons (Fsp3) is 0.643. The molecule has 0 spiro atoms. The summed E-state index contributed by atoms with van der Waals surface area (Å²) in [5.41, 5.74) is 0.0367. The number of hydrogen-bond acceptors (Lipinski definition) is 5. The molecule has 0 aromatic carbocycles. The molecule has 7 heteroatoms. The van der Waals surface area contributed by atoms with Gasteiger partial charge in [-0.15, -0.1) is 0 Å². The average molecular weight is 296 g/mol.